The van der Waals surface area contributed by atoms with Gasteiger partial charge >= 0.3 is 0 Å². The summed E-state index contributed by atoms with van der Waals surface area (Å²) in [6.07, 6.45) is 0. The molecule has 0 unspecified atom stereocenters. The van der Waals surface area contributed by atoms with E-state index in [1.807, 2.05) is 36.4 Å². The van der Waals surface area contributed by atoms with Crippen molar-refractivity contribution in [2.75, 3.05) is 5.32 Å². The van der Waals surface area contributed by atoms with Gasteiger partial charge in [0, 0.05) is 22.3 Å². The van der Waals surface area contributed by atoms with Crippen LogP contribution in [-0.2, 0) is 13.2 Å². The number of halogens is 1. The largest absolute Gasteiger partial charge is 0.392 e. The summed E-state index contributed by atoms with van der Waals surface area (Å²) in [7, 11) is 0. The molecule has 0 amide bonds. The van der Waals surface area contributed by atoms with Crippen LogP contribution in [0.1, 0.15) is 11.1 Å². The van der Waals surface area contributed by atoms with Gasteiger partial charge in [-0.05, 0) is 23.8 Å². The average molecular weight is 292 g/mol. The lowest BCUT2D eigenvalue weighted by Gasteiger charge is -2.11. The molecule has 2 aromatic carbocycles. The predicted octanol–water partition coefficient (Wildman–Crippen LogP) is 3.55. The summed E-state index contributed by atoms with van der Waals surface area (Å²) in [5.41, 5.74) is 3.09. The molecular weight excluding hydrogens is 278 g/mol. The third kappa shape index (κ3) is 3.32. The lowest BCUT2D eigenvalue weighted by Crippen LogP contribution is -2.02. The predicted molar refractivity (Wildman–Crippen MR) is 73.8 cm³/mol. The maximum atomic E-state index is 9.28. The topological polar surface area (TPSA) is 32.3 Å². The number of nitrogens with one attached hydrogen (secondary N) is 1. The quantitative estimate of drug-likeness (QED) is 0.903. The van der Waals surface area contributed by atoms with Crippen molar-refractivity contribution >= 4 is 21.6 Å². The Morgan fingerprint density at radius 2 is 1.82 bits per heavy atom. The maximum Gasteiger partial charge on any atom is 0.0702 e. The molecule has 0 bridgehead atoms. The van der Waals surface area contributed by atoms with Gasteiger partial charge in [-0.15, -0.1) is 0 Å². The van der Waals surface area contributed by atoms with Crippen LogP contribution in [0.3, 0.4) is 0 Å². The number of hydrogen-bond donors (Lipinski definition) is 2. The zero-order chi connectivity index (χ0) is 12.1. The summed E-state index contributed by atoms with van der Waals surface area (Å²) in [4.78, 5) is 0. The Kier molecular flexibility index (Phi) is 4.18. The molecule has 0 aliphatic carbocycles. The summed E-state index contributed by atoms with van der Waals surface area (Å²) in [6.45, 7) is 0.798. The van der Waals surface area contributed by atoms with Crippen molar-refractivity contribution in [3.05, 3.63) is 64.1 Å². The van der Waals surface area contributed by atoms with Crippen LogP contribution >= 0.6 is 15.9 Å². The van der Waals surface area contributed by atoms with Crippen LogP contribution < -0.4 is 5.32 Å². The standard InChI is InChI=1S/C14H14BrNO/c15-13-6-7-14(12(8-13)10-17)16-9-11-4-2-1-3-5-11/h1-8,16-17H,9-10H2. The maximum absolute atomic E-state index is 9.28. The molecule has 88 valence electrons. The Balaban J connectivity index is 2.09. The van der Waals surface area contributed by atoms with Gasteiger partial charge in [-0.2, -0.15) is 0 Å². The number of rotatable bonds is 4. The Morgan fingerprint density at radius 3 is 2.53 bits per heavy atom. The summed E-state index contributed by atoms with van der Waals surface area (Å²) >= 11 is 3.39. The van der Waals surface area contributed by atoms with Gasteiger partial charge in [-0.1, -0.05) is 46.3 Å². The van der Waals surface area contributed by atoms with E-state index in [0.29, 0.717) is 0 Å². The highest BCUT2D eigenvalue weighted by molar-refractivity contribution is 9.10. The molecule has 2 N–H and O–H groups in total. The average Bonchev–Trinajstić information content (AvgIpc) is 2.38. The molecule has 0 spiro atoms. The summed E-state index contributed by atoms with van der Waals surface area (Å²) < 4.78 is 0.979. The van der Waals surface area contributed by atoms with Gasteiger partial charge in [-0.3, -0.25) is 0 Å². The first-order chi connectivity index (χ1) is 8.29. The first-order valence-corrected chi connectivity index (χ1v) is 6.26. The number of aliphatic hydroxyl groups excluding tert-OH is 1. The molecule has 0 radical (unpaired) electrons. The van der Waals surface area contributed by atoms with Crippen LogP contribution in [0.5, 0.6) is 0 Å². The molecule has 0 fully saturated rings. The fourth-order valence-electron chi connectivity index (χ4n) is 1.66. The molecule has 2 nitrogen and oxygen atoms in total. The van der Waals surface area contributed by atoms with Crippen molar-refractivity contribution in [3.63, 3.8) is 0 Å². The van der Waals surface area contributed by atoms with Crippen LogP contribution in [0, 0.1) is 0 Å². The second-order valence-electron chi connectivity index (χ2n) is 3.80. The molecule has 0 saturated carbocycles. The van der Waals surface area contributed by atoms with Crippen molar-refractivity contribution in [2.45, 2.75) is 13.2 Å². The van der Waals surface area contributed by atoms with Crippen molar-refractivity contribution in [1.82, 2.24) is 0 Å². The Labute approximate surface area is 109 Å². The van der Waals surface area contributed by atoms with Crippen molar-refractivity contribution in [2.24, 2.45) is 0 Å². The first-order valence-electron chi connectivity index (χ1n) is 5.46. The minimum absolute atomic E-state index is 0.0383. The van der Waals surface area contributed by atoms with Gasteiger partial charge in [0.15, 0.2) is 0 Å². The minimum Gasteiger partial charge on any atom is -0.392 e. The molecule has 3 heteroatoms. The molecule has 0 heterocycles. The summed E-state index contributed by atoms with van der Waals surface area (Å²) in [5.74, 6) is 0. The van der Waals surface area contributed by atoms with E-state index in [1.54, 1.807) is 0 Å². The zero-order valence-corrected chi connectivity index (χ0v) is 10.9. The second-order valence-corrected chi connectivity index (χ2v) is 4.71. The molecule has 0 saturated heterocycles. The van der Waals surface area contributed by atoms with Crippen molar-refractivity contribution < 1.29 is 5.11 Å². The number of benzene rings is 2. The van der Waals surface area contributed by atoms with Crippen LogP contribution in [0.2, 0.25) is 0 Å². The molecule has 0 atom stereocenters. The Hall–Kier alpha value is -1.32. The van der Waals surface area contributed by atoms with E-state index in [4.69, 9.17) is 0 Å². The van der Waals surface area contributed by atoms with E-state index in [1.165, 1.54) is 5.56 Å². The SMILES string of the molecule is OCc1cc(Br)ccc1NCc1ccccc1. The molecule has 0 aliphatic rings. The van der Waals surface area contributed by atoms with Gasteiger partial charge in [0.05, 0.1) is 6.61 Å². The third-order valence-electron chi connectivity index (χ3n) is 2.56. The van der Waals surface area contributed by atoms with E-state index in [-0.39, 0.29) is 6.61 Å². The van der Waals surface area contributed by atoms with E-state index in [2.05, 4.69) is 33.4 Å². The first kappa shape index (κ1) is 12.1. The molecule has 2 aromatic rings. The van der Waals surface area contributed by atoms with E-state index in [0.717, 1.165) is 22.3 Å². The van der Waals surface area contributed by atoms with Crippen molar-refractivity contribution in [1.29, 1.82) is 0 Å². The molecule has 17 heavy (non-hydrogen) atoms. The number of anilines is 1. The lowest BCUT2D eigenvalue weighted by atomic mass is 10.1. The van der Waals surface area contributed by atoms with Gasteiger partial charge in [0.2, 0.25) is 0 Å². The van der Waals surface area contributed by atoms with Crippen molar-refractivity contribution in [3.8, 4) is 0 Å². The third-order valence-corrected chi connectivity index (χ3v) is 3.06. The van der Waals surface area contributed by atoms with Crippen LogP contribution in [0.4, 0.5) is 5.69 Å². The normalized spacial score (nSPS) is 10.2. The van der Waals surface area contributed by atoms with Crippen LogP contribution in [0.15, 0.2) is 53.0 Å². The second kappa shape index (κ2) is 5.84. The highest BCUT2D eigenvalue weighted by Crippen LogP contribution is 2.21. The highest BCUT2D eigenvalue weighted by atomic mass is 79.9. The van der Waals surface area contributed by atoms with E-state index in [9.17, 15) is 5.11 Å². The summed E-state index contributed by atoms with van der Waals surface area (Å²) in [5, 5.41) is 12.6. The van der Waals surface area contributed by atoms with Crippen LogP contribution in [-0.4, -0.2) is 5.11 Å². The number of hydrogen-bond acceptors (Lipinski definition) is 2. The van der Waals surface area contributed by atoms with E-state index < -0.39 is 0 Å². The summed E-state index contributed by atoms with van der Waals surface area (Å²) in [6, 6.07) is 16.0. The van der Waals surface area contributed by atoms with Crippen LogP contribution in [0.25, 0.3) is 0 Å². The fraction of sp³-hybridized carbons (Fsp3) is 0.143. The molecule has 0 aromatic heterocycles. The Morgan fingerprint density at radius 1 is 1.06 bits per heavy atom. The Bertz CT molecular complexity index is 485. The highest BCUT2D eigenvalue weighted by Gasteiger charge is 2.01. The van der Waals surface area contributed by atoms with E-state index >= 15 is 0 Å². The van der Waals surface area contributed by atoms with Gasteiger partial charge in [0.1, 0.15) is 0 Å². The smallest absolute Gasteiger partial charge is 0.0702 e. The van der Waals surface area contributed by atoms with Gasteiger partial charge < -0.3 is 10.4 Å². The van der Waals surface area contributed by atoms with Gasteiger partial charge in [-0.25, -0.2) is 0 Å². The lowest BCUT2D eigenvalue weighted by molar-refractivity contribution is 0.282. The minimum atomic E-state index is 0.0383. The monoisotopic (exact) mass is 291 g/mol. The van der Waals surface area contributed by atoms with Gasteiger partial charge in [0.25, 0.3) is 0 Å². The zero-order valence-electron chi connectivity index (χ0n) is 9.36. The number of aliphatic hydroxyl groups is 1. The molecular formula is C14H14BrNO. The molecule has 0 aliphatic heterocycles. The molecule has 2 rings (SSSR count). The fourth-order valence-corrected chi connectivity index (χ4v) is 2.07.